The van der Waals surface area contributed by atoms with E-state index in [1.54, 1.807) is 13.3 Å². The van der Waals surface area contributed by atoms with Gasteiger partial charge >= 0.3 is 0 Å². The average molecular weight is 554 g/mol. The van der Waals surface area contributed by atoms with Crippen LogP contribution in [-0.4, -0.2) is 27.7 Å². The Morgan fingerprint density at radius 2 is 1.77 bits per heavy atom. The van der Waals surface area contributed by atoms with Gasteiger partial charge in [0.15, 0.2) is 5.11 Å². The third-order valence-electron chi connectivity index (χ3n) is 7.34. The molecule has 2 aromatic carbocycles. The molecule has 2 aromatic heterocycles. The van der Waals surface area contributed by atoms with Crippen molar-refractivity contribution in [3.8, 4) is 11.4 Å². The molecule has 2 atom stereocenters. The molecule has 8 heteroatoms. The van der Waals surface area contributed by atoms with E-state index in [1.807, 2.05) is 57.2 Å². The molecule has 1 saturated heterocycles. The first-order valence-electron chi connectivity index (χ1n) is 13.3. The zero-order chi connectivity index (χ0) is 28.6. The zero-order valence-electron chi connectivity index (χ0n) is 23.7. The molecule has 40 heavy (non-hydrogen) atoms. The highest BCUT2D eigenvalue weighted by molar-refractivity contribution is 7.80. The van der Waals surface area contributed by atoms with E-state index in [1.165, 1.54) is 11.1 Å². The van der Waals surface area contributed by atoms with Crippen molar-refractivity contribution in [3.63, 3.8) is 0 Å². The second kappa shape index (κ2) is 10.8. The Labute approximate surface area is 241 Å². The largest absolute Gasteiger partial charge is 0.494 e. The fraction of sp³-hybridized carbons (Fsp3) is 0.281. The van der Waals surface area contributed by atoms with Crippen LogP contribution in [0.5, 0.6) is 5.75 Å². The van der Waals surface area contributed by atoms with Crippen LogP contribution in [0.1, 0.15) is 55.4 Å². The number of anilines is 2. The van der Waals surface area contributed by atoms with Crippen LogP contribution in [0.3, 0.4) is 0 Å². The second-order valence-corrected chi connectivity index (χ2v) is 11.5. The van der Waals surface area contributed by atoms with Gasteiger partial charge in [-0.3, -0.25) is 9.78 Å². The van der Waals surface area contributed by atoms with Crippen LogP contribution >= 0.6 is 12.2 Å². The molecule has 206 valence electrons. The molecule has 5 rings (SSSR count). The Bertz CT molecular complexity index is 1560. The molecule has 0 bridgehead atoms. The summed E-state index contributed by atoms with van der Waals surface area (Å²) in [5, 5.41) is 7.12. The molecule has 2 N–H and O–H groups in total. The van der Waals surface area contributed by atoms with Crippen molar-refractivity contribution in [2.75, 3.05) is 17.3 Å². The Kier molecular flexibility index (Phi) is 7.38. The van der Waals surface area contributed by atoms with Gasteiger partial charge in [0.25, 0.3) is 0 Å². The number of nitrogens with zero attached hydrogens (tertiary/aromatic N) is 3. The summed E-state index contributed by atoms with van der Waals surface area (Å²) in [5.74, 6) is 0.471. The minimum atomic E-state index is -0.537. The normalized spacial score (nSPS) is 17.1. The van der Waals surface area contributed by atoms with Gasteiger partial charge in [0.2, 0.25) is 5.91 Å². The van der Waals surface area contributed by atoms with Gasteiger partial charge in [-0.15, -0.1) is 0 Å². The van der Waals surface area contributed by atoms with Crippen molar-refractivity contribution < 1.29 is 9.53 Å². The van der Waals surface area contributed by atoms with E-state index < -0.39 is 5.41 Å². The van der Waals surface area contributed by atoms with Crippen LogP contribution in [0.15, 0.2) is 79.1 Å². The molecule has 0 aliphatic carbocycles. The maximum atomic E-state index is 12.7. The lowest BCUT2D eigenvalue weighted by Gasteiger charge is -2.29. The predicted molar refractivity (Wildman–Crippen MR) is 164 cm³/mol. The summed E-state index contributed by atoms with van der Waals surface area (Å²) in [6, 6.07) is 22.0. The average Bonchev–Trinajstić information content (AvgIpc) is 3.54. The number of hydrogen-bond donors (Lipinski definition) is 2. The molecule has 1 aliphatic rings. The van der Waals surface area contributed by atoms with Gasteiger partial charge < -0.3 is 24.8 Å². The fourth-order valence-corrected chi connectivity index (χ4v) is 5.27. The van der Waals surface area contributed by atoms with Gasteiger partial charge in [0.05, 0.1) is 24.5 Å². The number of rotatable bonds is 6. The molecular weight excluding hydrogens is 518 g/mol. The molecule has 0 spiro atoms. The lowest BCUT2D eigenvalue weighted by Crippen LogP contribution is -2.30. The van der Waals surface area contributed by atoms with E-state index in [4.69, 9.17) is 17.0 Å². The number of benzene rings is 2. The summed E-state index contributed by atoms with van der Waals surface area (Å²) in [6.07, 6.45) is 3.89. The van der Waals surface area contributed by atoms with Gasteiger partial charge in [0.1, 0.15) is 11.8 Å². The molecule has 0 unspecified atom stereocenters. The maximum absolute atomic E-state index is 12.7. The van der Waals surface area contributed by atoms with Crippen molar-refractivity contribution in [3.05, 3.63) is 102 Å². The van der Waals surface area contributed by atoms with E-state index in [0.717, 1.165) is 22.8 Å². The standard InChI is InChI=1S/C32H35N5O2S/c1-20-12-13-22(18-21(20)2)36-17-9-11-26(36)29-28(25-10-7-8-16-33-25)35-31(40)37(29)23-14-15-24(27(19-23)39-6)34-30(38)32(3,4)5/h7-19,28-29H,1-6H3,(H,34,38)(H,35,40)/t28-,29-/m0/s1. The summed E-state index contributed by atoms with van der Waals surface area (Å²) in [6.45, 7) is 9.89. The van der Waals surface area contributed by atoms with Crippen molar-refractivity contribution in [1.82, 2.24) is 14.9 Å². The molecular formula is C32H35N5O2S. The number of amides is 1. The van der Waals surface area contributed by atoms with Crippen LogP contribution in [0.25, 0.3) is 5.69 Å². The lowest BCUT2D eigenvalue weighted by atomic mass is 9.95. The first-order valence-corrected chi connectivity index (χ1v) is 13.7. The van der Waals surface area contributed by atoms with Crippen LogP contribution in [0.4, 0.5) is 11.4 Å². The number of pyridine rings is 1. The number of ether oxygens (including phenoxy) is 1. The van der Waals surface area contributed by atoms with Crippen LogP contribution < -0.4 is 20.3 Å². The highest BCUT2D eigenvalue weighted by atomic mass is 32.1. The Morgan fingerprint density at radius 1 is 1.00 bits per heavy atom. The number of methoxy groups -OCH3 is 1. The smallest absolute Gasteiger partial charge is 0.229 e. The second-order valence-electron chi connectivity index (χ2n) is 11.2. The Balaban J connectivity index is 1.61. The molecule has 4 aromatic rings. The number of aromatic nitrogens is 2. The minimum absolute atomic E-state index is 0.0868. The molecule has 7 nitrogen and oxygen atoms in total. The molecule has 1 aliphatic heterocycles. The quantitative estimate of drug-likeness (QED) is 0.260. The SMILES string of the molecule is COc1cc(N2C(=S)N[C@@H](c3ccccn3)[C@@H]2c2cccn2-c2ccc(C)c(C)c2)ccc1NC(=O)C(C)(C)C. The lowest BCUT2D eigenvalue weighted by molar-refractivity contribution is -0.123. The van der Waals surface area contributed by atoms with Crippen molar-refractivity contribution >= 4 is 34.6 Å². The first-order chi connectivity index (χ1) is 19.1. The number of hydrogen-bond acceptors (Lipinski definition) is 4. The molecule has 0 saturated carbocycles. The fourth-order valence-electron chi connectivity index (χ4n) is 4.92. The van der Waals surface area contributed by atoms with Gasteiger partial charge in [-0.2, -0.15) is 0 Å². The van der Waals surface area contributed by atoms with E-state index in [0.29, 0.717) is 16.5 Å². The monoisotopic (exact) mass is 553 g/mol. The van der Waals surface area contributed by atoms with Crippen molar-refractivity contribution in [2.45, 2.75) is 46.7 Å². The predicted octanol–water partition coefficient (Wildman–Crippen LogP) is 6.66. The van der Waals surface area contributed by atoms with E-state index in [9.17, 15) is 4.79 Å². The highest BCUT2D eigenvalue weighted by Gasteiger charge is 2.42. The summed E-state index contributed by atoms with van der Waals surface area (Å²) < 4.78 is 7.94. The zero-order valence-corrected chi connectivity index (χ0v) is 24.5. The number of carbonyl (C=O) groups is 1. The maximum Gasteiger partial charge on any atom is 0.229 e. The molecule has 3 heterocycles. The summed E-state index contributed by atoms with van der Waals surface area (Å²) in [5.41, 5.74) is 6.44. The van der Waals surface area contributed by atoms with Crippen molar-refractivity contribution in [1.29, 1.82) is 0 Å². The Hall–Kier alpha value is -4.17. The first kappa shape index (κ1) is 27.4. The number of aryl methyl sites for hydroxylation is 2. The van der Waals surface area contributed by atoms with Crippen LogP contribution in [0, 0.1) is 19.3 Å². The van der Waals surface area contributed by atoms with Gasteiger partial charge in [-0.25, -0.2) is 0 Å². The third kappa shape index (κ3) is 5.19. The van der Waals surface area contributed by atoms with Crippen molar-refractivity contribution in [2.24, 2.45) is 5.41 Å². The Morgan fingerprint density at radius 3 is 2.45 bits per heavy atom. The third-order valence-corrected chi connectivity index (χ3v) is 7.66. The van der Waals surface area contributed by atoms with E-state index in [2.05, 4.69) is 75.5 Å². The molecule has 1 fully saturated rings. The van der Waals surface area contributed by atoms with Crippen LogP contribution in [0.2, 0.25) is 0 Å². The number of thiocarbonyl (C=S) groups is 1. The van der Waals surface area contributed by atoms with E-state index >= 15 is 0 Å². The topological polar surface area (TPSA) is 71.4 Å². The summed E-state index contributed by atoms with van der Waals surface area (Å²) in [7, 11) is 1.60. The summed E-state index contributed by atoms with van der Waals surface area (Å²) >= 11 is 5.95. The van der Waals surface area contributed by atoms with Crippen LogP contribution in [-0.2, 0) is 4.79 Å². The number of nitrogens with one attached hydrogen (secondary N) is 2. The molecule has 1 amide bonds. The highest BCUT2D eigenvalue weighted by Crippen LogP contribution is 2.44. The van der Waals surface area contributed by atoms with Gasteiger partial charge in [-0.05, 0) is 85.7 Å². The molecule has 0 radical (unpaired) electrons. The van der Waals surface area contributed by atoms with Gasteiger partial charge in [0, 0.05) is 40.9 Å². The van der Waals surface area contributed by atoms with Gasteiger partial charge in [-0.1, -0.05) is 32.9 Å². The number of carbonyl (C=O) groups excluding carboxylic acids is 1. The minimum Gasteiger partial charge on any atom is -0.494 e. The summed E-state index contributed by atoms with van der Waals surface area (Å²) in [4.78, 5) is 19.5. The van der Waals surface area contributed by atoms with E-state index in [-0.39, 0.29) is 18.0 Å².